The number of carbonyl (C=O) groups excluding carboxylic acids is 1. The summed E-state index contributed by atoms with van der Waals surface area (Å²) in [6, 6.07) is 11.0. The van der Waals surface area contributed by atoms with Gasteiger partial charge in [0.25, 0.3) is 5.91 Å². The Morgan fingerprint density at radius 3 is 2.83 bits per heavy atom. The molecule has 3 rings (SSSR count). The van der Waals surface area contributed by atoms with Crippen molar-refractivity contribution in [1.82, 2.24) is 9.88 Å². The molecule has 24 heavy (non-hydrogen) atoms. The van der Waals surface area contributed by atoms with Gasteiger partial charge < -0.3 is 15.0 Å². The van der Waals surface area contributed by atoms with E-state index in [1.165, 1.54) is 12.3 Å². The van der Waals surface area contributed by atoms with E-state index in [1.54, 1.807) is 6.92 Å². The molecular weight excluding hydrogens is 304 g/mol. The second kappa shape index (κ2) is 7.01. The quantitative estimate of drug-likeness (QED) is 0.906. The van der Waals surface area contributed by atoms with Crippen LogP contribution in [0, 0.1) is 6.92 Å². The predicted molar refractivity (Wildman–Crippen MR) is 91.9 cm³/mol. The third-order valence-electron chi connectivity index (χ3n) is 4.68. The Hall–Kier alpha value is -2.40. The molecule has 0 bridgehead atoms. The Morgan fingerprint density at radius 2 is 2.12 bits per heavy atom. The fourth-order valence-corrected chi connectivity index (χ4v) is 3.38. The SMILES string of the molecule is Cc1cc(=O)[nH]cc1C(=O)N1CCCC1CC(O)c1ccccc1. The van der Waals surface area contributed by atoms with Gasteiger partial charge >= 0.3 is 0 Å². The maximum absolute atomic E-state index is 12.8. The molecule has 0 saturated carbocycles. The lowest BCUT2D eigenvalue weighted by molar-refractivity contribution is 0.0666. The standard InChI is InChI=1S/C19H22N2O3/c1-13-10-18(23)20-12-16(13)19(24)21-9-5-8-15(21)11-17(22)14-6-3-2-4-7-14/h2-4,6-7,10,12,15,17,22H,5,8-9,11H2,1H3,(H,20,23). The maximum atomic E-state index is 12.8. The molecule has 2 atom stereocenters. The van der Waals surface area contributed by atoms with Crippen molar-refractivity contribution in [1.29, 1.82) is 0 Å². The average Bonchev–Trinajstić information content (AvgIpc) is 3.03. The van der Waals surface area contributed by atoms with Crippen molar-refractivity contribution in [2.45, 2.75) is 38.3 Å². The van der Waals surface area contributed by atoms with Crippen LogP contribution in [0.15, 0.2) is 47.4 Å². The lowest BCUT2D eigenvalue weighted by Crippen LogP contribution is -2.37. The molecular formula is C19H22N2O3. The molecule has 2 heterocycles. The lowest BCUT2D eigenvalue weighted by Gasteiger charge is -2.27. The van der Waals surface area contributed by atoms with E-state index in [0.29, 0.717) is 24.1 Å². The smallest absolute Gasteiger partial charge is 0.255 e. The van der Waals surface area contributed by atoms with Gasteiger partial charge in [-0.1, -0.05) is 30.3 Å². The first-order chi connectivity index (χ1) is 11.6. The number of aliphatic hydroxyl groups excluding tert-OH is 1. The summed E-state index contributed by atoms with van der Waals surface area (Å²) in [6.45, 7) is 2.45. The number of aliphatic hydroxyl groups is 1. The molecule has 1 fully saturated rings. The van der Waals surface area contributed by atoms with Gasteiger partial charge in [0.05, 0.1) is 11.7 Å². The highest BCUT2D eigenvalue weighted by Gasteiger charge is 2.31. The molecule has 1 aromatic carbocycles. The number of pyridine rings is 1. The zero-order chi connectivity index (χ0) is 17.1. The van der Waals surface area contributed by atoms with Gasteiger partial charge in [0.2, 0.25) is 5.56 Å². The van der Waals surface area contributed by atoms with Gasteiger partial charge in [0, 0.05) is 24.8 Å². The molecule has 0 spiro atoms. The summed E-state index contributed by atoms with van der Waals surface area (Å²) in [5, 5.41) is 10.5. The summed E-state index contributed by atoms with van der Waals surface area (Å²) in [4.78, 5) is 28.6. The second-order valence-electron chi connectivity index (χ2n) is 6.35. The molecule has 1 aliphatic rings. The fourth-order valence-electron chi connectivity index (χ4n) is 3.38. The van der Waals surface area contributed by atoms with Gasteiger partial charge in [0.1, 0.15) is 0 Å². The minimum absolute atomic E-state index is 0.0130. The number of hydrogen-bond donors (Lipinski definition) is 2. The van der Waals surface area contributed by atoms with Gasteiger partial charge in [0.15, 0.2) is 0 Å². The number of benzene rings is 1. The number of aromatic nitrogens is 1. The van der Waals surface area contributed by atoms with E-state index in [9.17, 15) is 14.7 Å². The number of hydrogen-bond acceptors (Lipinski definition) is 3. The van der Waals surface area contributed by atoms with Crippen molar-refractivity contribution in [3.63, 3.8) is 0 Å². The zero-order valence-corrected chi connectivity index (χ0v) is 13.7. The Labute approximate surface area is 140 Å². The van der Waals surface area contributed by atoms with Gasteiger partial charge in [-0.05, 0) is 37.3 Å². The number of nitrogens with one attached hydrogen (secondary N) is 1. The van der Waals surface area contributed by atoms with E-state index in [4.69, 9.17) is 0 Å². The number of amides is 1. The fraction of sp³-hybridized carbons (Fsp3) is 0.368. The third-order valence-corrected chi connectivity index (χ3v) is 4.68. The van der Waals surface area contributed by atoms with Crippen LogP contribution in [0.4, 0.5) is 0 Å². The zero-order valence-electron chi connectivity index (χ0n) is 13.7. The molecule has 2 unspecified atom stereocenters. The van der Waals surface area contributed by atoms with E-state index in [1.807, 2.05) is 35.2 Å². The number of aromatic amines is 1. The first-order valence-electron chi connectivity index (χ1n) is 8.29. The molecule has 1 aromatic heterocycles. The molecule has 0 radical (unpaired) electrons. The topological polar surface area (TPSA) is 73.4 Å². The van der Waals surface area contributed by atoms with Crippen LogP contribution in [-0.2, 0) is 0 Å². The number of aryl methyl sites for hydroxylation is 1. The van der Waals surface area contributed by atoms with E-state index in [2.05, 4.69) is 4.98 Å². The molecule has 1 aliphatic heterocycles. The van der Waals surface area contributed by atoms with Crippen molar-refractivity contribution in [2.75, 3.05) is 6.54 Å². The highest BCUT2D eigenvalue weighted by atomic mass is 16.3. The Balaban J connectivity index is 1.75. The number of rotatable bonds is 4. The molecule has 0 aliphatic carbocycles. The molecule has 1 amide bonds. The van der Waals surface area contributed by atoms with Crippen LogP contribution in [0.25, 0.3) is 0 Å². The summed E-state index contributed by atoms with van der Waals surface area (Å²) in [5.41, 5.74) is 1.87. The monoisotopic (exact) mass is 326 g/mol. The normalized spacial score (nSPS) is 18.6. The molecule has 5 nitrogen and oxygen atoms in total. The average molecular weight is 326 g/mol. The first-order valence-corrected chi connectivity index (χ1v) is 8.29. The molecule has 1 saturated heterocycles. The van der Waals surface area contributed by atoms with Gasteiger partial charge in [-0.15, -0.1) is 0 Å². The van der Waals surface area contributed by atoms with Gasteiger partial charge in [-0.3, -0.25) is 9.59 Å². The summed E-state index contributed by atoms with van der Waals surface area (Å²) < 4.78 is 0. The van der Waals surface area contributed by atoms with Crippen LogP contribution >= 0.6 is 0 Å². The lowest BCUT2D eigenvalue weighted by atomic mass is 10.00. The van der Waals surface area contributed by atoms with Crippen LogP contribution in [-0.4, -0.2) is 33.5 Å². The van der Waals surface area contributed by atoms with Crippen molar-refractivity contribution >= 4 is 5.91 Å². The third kappa shape index (κ3) is 3.41. The second-order valence-corrected chi connectivity index (χ2v) is 6.35. The Kier molecular flexibility index (Phi) is 4.81. The van der Waals surface area contributed by atoms with Crippen molar-refractivity contribution in [2.24, 2.45) is 0 Å². The van der Waals surface area contributed by atoms with Crippen LogP contribution in [0.2, 0.25) is 0 Å². The van der Waals surface area contributed by atoms with Crippen molar-refractivity contribution in [3.05, 3.63) is 69.6 Å². The molecule has 5 heteroatoms. The molecule has 2 aromatic rings. The largest absolute Gasteiger partial charge is 0.388 e. The number of nitrogens with zero attached hydrogens (tertiary/aromatic N) is 1. The van der Waals surface area contributed by atoms with Gasteiger partial charge in [-0.25, -0.2) is 0 Å². The highest BCUT2D eigenvalue weighted by Crippen LogP contribution is 2.28. The van der Waals surface area contributed by atoms with Crippen LogP contribution in [0.3, 0.4) is 0 Å². The summed E-state index contributed by atoms with van der Waals surface area (Å²) in [7, 11) is 0. The van der Waals surface area contributed by atoms with Crippen LogP contribution in [0.1, 0.15) is 46.9 Å². The first kappa shape index (κ1) is 16.5. The number of carbonyl (C=O) groups is 1. The highest BCUT2D eigenvalue weighted by molar-refractivity contribution is 5.95. The van der Waals surface area contributed by atoms with Gasteiger partial charge in [-0.2, -0.15) is 0 Å². The minimum atomic E-state index is -0.582. The molecule has 2 N–H and O–H groups in total. The Bertz CT molecular complexity index is 770. The van der Waals surface area contributed by atoms with Crippen molar-refractivity contribution < 1.29 is 9.90 Å². The minimum Gasteiger partial charge on any atom is -0.388 e. The van der Waals surface area contributed by atoms with E-state index >= 15 is 0 Å². The van der Waals surface area contributed by atoms with E-state index < -0.39 is 6.10 Å². The number of H-pyrrole nitrogens is 1. The van der Waals surface area contributed by atoms with Crippen molar-refractivity contribution in [3.8, 4) is 0 Å². The summed E-state index contributed by atoms with van der Waals surface area (Å²) >= 11 is 0. The maximum Gasteiger partial charge on any atom is 0.255 e. The number of likely N-dealkylation sites (tertiary alicyclic amines) is 1. The van der Waals surface area contributed by atoms with Crippen LogP contribution < -0.4 is 5.56 Å². The molecule has 126 valence electrons. The van der Waals surface area contributed by atoms with E-state index in [0.717, 1.165) is 18.4 Å². The predicted octanol–water partition coefficient (Wildman–Crippen LogP) is 2.41. The van der Waals surface area contributed by atoms with E-state index in [-0.39, 0.29) is 17.5 Å². The summed E-state index contributed by atoms with van der Waals surface area (Å²) in [6.07, 6.45) is 3.25. The summed E-state index contributed by atoms with van der Waals surface area (Å²) in [5.74, 6) is -0.0773. The van der Waals surface area contributed by atoms with Crippen LogP contribution in [0.5, 0.6) is 0 Å². The Morgan fingerprint density at radius 1 is 1.38 bits per heavy atom.